The number of amides is 2. The Morgan fingerprint density at radius 3 is 2.56 bits per heavy atom. The number of carbonyl (C=O) groups excluding carboxylic acids is 1. The summed E-state index contributed by atoms with van der Waals surface area (Å²) in [5.41, 5.74) is 2.22. The summed E-state index contributed by atoms with van der Waals surface area (Å²) in [5.74, 6) is 0.594. The molecule has 27 heavy (non-hydrogen) atoms. The molecule has 5 nitrogen and oxygen atoms in total. The van der Waals surface area contributed by atoms with Gasteiger partial charge in [0, 0.05) is 31.9 Å². The number of carbonyl (C=O) groups is 1. The number of hydrogen-bond donors (Lipinski definition) is 1. The van der Waals surface area contributed by atoms with Crippen molar-refractivity contribution in [2.24, 2.45) is 0 Å². The Labute approximate surface area is 159 Å². The van der Waals surface area contributed by atoms with Gasteiger partial charge in [0.1, 0.15) is 18.2 Å². The molecule has 1 aliphatic heterocycles. The van der Waals surface area contributed by atoms with Crippen LogP contribution in [0.5, 0.6) is 5.75 Å². The average molecular weight is 371 g/mol. The van der Waals surface area contributed by atoms with Crippen LogP contribution < -0.4 is 15.0 Å². The summed E-state index contributed by atoms with van der Waals surface area (Å²) < 4.78 is 18.7. The second kappa shape index (κ2) is 9.26. The second-order valence-electron chi connectivity index (χ2n) is 6.53. The van der Waals surface area contributed by atoms with Gasteiger partial charge in [-0.3, -0.25) is 0 Å². The van der Waals surface area contributed by atoms with Gasteiger partial charge < -0.3 is 19.9 Å². The minimum absolute atomic E-state index is 0.0698. The summed E-state index contributed by atoms with van der Waals surface area (Å²) in [6.45, 7) is 5.76. The lowest BCUT2D eigenvalue weighted by Gasteiger charge is -2.36. The molecular weight excluding hydrogens is 345 g/mol. The Kier molecular flexibility index (Phi) is 6.52. The van der Waals surface area contributed by atoms with Crippen molar-refractivity contribution in [2.75, 3.05) is 44.2 Å². The van der Waals surface area contributed by atoms with Crippen LogP contribution in [0.25, 0.3) is 0 Å². The molecule has 0 bridgehead atoms. The van der Waals surface area contributed by atoms with Crippen molar-refractivity contribution in [2.45, 2.75) is 13.3 Å². The van der Waals surface area contributed by atoms with Crippen LogP contribution in [0.3, 0.4) is 0 Å². The summed E-state index contributed by atoms with van der Waals surface area (Å²) in [6.07, 6.45) is 0.970. The zero-order valence-corrected chi connectivity index (χ0v) is 15.7. The number of halogens is 1. The number of rotatable bonds is 6. The summed E-state index contributed by atoms with van der Waals surface area (Å²) >= 11 is 0. The molecule has 1 fully saturated rings. The molecule has 2 amide bonds. The predicted molar refractivity (Wildman–Crippen MR) is 105 cm³/mol. The molecule has 0 aliphatic carbocycles. The highest BCUT2D eigenvalue weighted by Gasteiger charge is 2.21. The first kappa shape index (κ1) is 19.0. The third-order valence-corrected chi connectivity index (χ3v) is 4.71. The van der Waals surface area contributed by atoms with Crippen molar-refractivity contribution in [3.05, 3.63) is 59.9 Å². The van der Waals surface area contributed by atoms with Crippen molar-refractivity contribution in [3.63, 3.8) is 0 Å². The van der Waals surface area contributed by atoms with Gasteiger partial charge in [0.25, 0.3) is 0 Å². The van der Waals surface area contributed by atoms with Gasteiger partial charge in [-0.05, 0) is 48.4 Å². The van der Waals surface area contributed by atoms with Crippen LogP contribution in [0.15, 0.2) is 48.5 Å². The predicted octanol–water partition coefficient (Wildman–Crippen LogP) is 3.30. The van der Waals surface area contributed by atoms with Crippen molar-refractivity contribution < 1.29 is 13.9 Å². The lowest BCUT2D eigenvalue weighted by molar-refractivity contribution is 0.191. The Bertz CT molecular complexity index is 743. The van der Waals surface area contributed by atoms with E-state index in [2.05, 4.69) is 23.2 Å². The van der Waals surface area contributed by atoms with Gasteiger partial charge in [-0.2, -0.15) is 0 Å². The van der Waals surface area contributed by atoms with E-state index >= 15 is 0 Å². The molecular formula is C21H26FN3O2. The van der Waals surface area contributed by atoms with Gasteiger partial charge >= 0.3 is 6.03 Å². The molecule has 0 unspecified atom stereocenters. The Morgan fingerprint density at radius 2 is 1.85 bits per heavy atom. The molecule has 0 saturated carbocycles. The number of hydrogen-bond acceptors (Lipinski definition) is 3. The fourth-order valence-electron chi connectivity index (χ4n) is 3.11. The third-order valence-electron chi connectivity index (χ3n) is 4.71. The number of anilines is 1. The average Bonchev–Trinajstić information content (AvgIpc) is 2.72. The number of urea groups is 1. The van der Waals surface area contributed by atoms with Crippen LogP contribution >= 0.6 is 0 Å². The number of aryl methyl sites for hydroxylation is 1. The highest BCUT2D eigenvalue weighted by Crippen LogP contribution is 2.17. The summed E-state index contributed by atoms with van der Waals surface area (Å²) in [7, 11) is 0. The van der Waals surface area contributed by atoms with Crippen LogP contribution in [0.1, 0.15) is 12.5 Å². The van der Waals surface area contributed by atoms with E-state index in [0.29, 0.717) is 26.2 Å². The van der Waals surface area contributed by atoms with Gasteiger partial charge in [0.15, 0.2) is 0 Å². The zero-order chi connectivity index (χ0) is 19.1. The molecule has 0 spiro atoms. The molecule has 144 valence electrons. The maximum Gasteiger partial charge on any atom is 0.317 e. The first-order valence-corrected chi connectivity index (χ1v) is 9.40. The fourth-order valence-corrected chi connectivity index (χ4v) is 3.11. The Morgan fingerprint density at radius 1 is 1.11 bits per heavy atom. The van der Waals surface area contributed by atoms with E-state index in [9.17, 15) is 9.18 Å². The molecule has 0 radical (unpaired) electrons. The van der Waals surface area contributed by atoms with Crippen molar-refractivity contribution >= 4 is 11.7 Å². The van der Waals surface area contributed by atoms with Crippen LogP contribution in [0.4, 0.5) is 14.9 Å². The van der Waals surface area contributed by atoms with Gasteiger partial charge in [-0.25, -0.2) is 9.18 Å². The topological polar surface area (TPSA) is 44.8 Å². The summed E-state index contributed by atoms with van der Waals surface area (Å²) in [6, 6.07) is 14.4. The minimum atomic E-state index is -0.236. The maximum absolute atomic E-state index is 13.0. The van der Waals surface area contributed by atoms with Gasteiger partial charge in [-0.1, -0.05) is 19.1 Å². The highest BCUT2D eigenvalue weighted by molar-refractivity contribution is 5.74. The molecule has 2 aromatic rings. The maximum atomic E-state index is 13.0. The number of ether oxygens (including phenoxy) is 1. The largest absolute Gasteiger partial charge is 0.492 e. The summed E-state index contributed by atoms with van der Waals surface area (Å²) in [4.78, 5) is 16.3. The molecule has 1 heterocycles. The molecule has 2 aromatic carbocycles. The Hall–Kier alpha value is -2.76. The van der Waals surface area contributed by atoms with E-state index in [1.54, 1.807) is 17.0 Å². The molecule has 0 atom stereocenters. The van der Waals surface area contributed by atoms with E-state index in [1.807, 2.05) is 18.2 Å². The number of nitrogens with zero attached hydrogens (tertiary/aromatic N) is 2. The SMILES string of the molecule is CCc1cccc(OCCNC(=O)N2CCN(c3ccc(F)cc3)CC2)c1. The highest BCUT2D eigenvalue weighted by atomic mass is 19.1. The van der Waals surface area contributed by atoms with Crippen molar-refractivity contribution in [1.82, 2.24) is 10.2 Å². The summed E-state index contributed by atoms with van der Waals surface area (Å²) in [5, 5.41) is 2.91. The first-order valence-electron chi connectivity index (χ1n) is 9.40. The second-order valence-corrected chi connectivity index (χ2v) is 6.53. The van der Waals surface area contributed by atoms with E-state index < -0.39 is 0 Å². The van der Waals surface area contributed by atoms with Gasteiger partial charge in [-0.15, -0.1) is 0 Å². The van der Waals surface area contributed by atoms with Crippen LogP contribution in [0.2, 0.25) is 0 Å². The molecule has 3 rings (SSSR count). The van der Waals surface area contributed by atoms with E-state index in [1.165, 1.54) is 17.7 Å². The number of piperazine rings is 1. The van der Waals surface area contributed by atoms with Crippen LogP contribution in [0, 0.1) is 5.82 Å². The van der Waals surface area contributed by atoms with Crippen LogP contribution in [-0.4, -0.2) is 50.3 Å². The molecule has 6 heteroatoms. The lowest BCUT2D eigenvalue weighted by Crippen LogP contribution is -2.52. The van der Waals surface area contributed by atoms with E-state index in [0.717, 1.165) is 30.9 Å². The molecule has 1 aliphatic rings. The molecule has 1 saturated heterocycles. The third kappa shape index (κ3) is 5.36. The van der Waals surface area contributed by atoms with Gasteiger partial charge in [0.2, 0.25) is 0 Å². The fraction of sp³-hybridized carbons (Fsp3) is 0.381. The zero-order valence-electron chi connectivity index (χ0n) is 15.7. The van der Waals surface area contributed by atoms with Gasteiger partial charge in [0.05, 0.1) is 6.54 Å². The minimum Gasteiger partial charge on any atom is -0.492 e. The smallest absolute Gasteiger partial charge is 0.317 e. The van der Waals surface area contributed by atoms with Crippen molar-refractivity contribution in [3.8, 4) is 5.75 Å². The molecule has 1 N–H and O–H groups in total. The monoisotopic (exact) mass is 371 g/mol. The number of nitrogens with one attached hydrogen (secondary N) is 1. The van der Waals surface area contributed by atoms with Crippen molar-refractivity contribution in [1.29, 1.82) is 0 Å². The normalized spacial score (nSPS) is 14.1. The van der Waals surface area contributed by atoms with E-state index in [4.69, 9.17) is 4.74 Å². The Balaban J connectivity index is 1.37. The first-order chi connectivity index (χ1) is 13.2. The standard InChI is InChI=1S/C21H26FN3O2/c1-2-17-4-3-5-20(16-17)27-15-10-23-21(26)25-13-11-24(12-14-25)19-8-6-18(22)7-9-19/h3-9,16H,2,10-15H2,1H3,(H,23,26). The number of benzene rings is 2. The van der Waals surface area contributed by atoms with E-state index in [-0.39, 0.29) is 11.8 Å². The lowest BCUT2D eigenvalue weighted by atomic mass is 10.2. The molecule has 0 aromatic heterocycles. The van der Waals surface area contributed by atoms with Crippen LogP contribution in [-0.2, 0) is 6.42 Å². The quantitative estimate of drug-likeness (QED) is 0.793.